The summed E-state index contributed by atoms with van der Waals surface area (Å²) in [4.78, 5) is 0. The Morgan fingerprint density at radius 3 is 2.78 bits per heavy atom. The van der Waals surface area contributed by atoms with Crippen LogP contribution in [0.3, 0.4) is 0 Å². The minimum Gasteiger partial charge on any atom is -0.508 e. The van der Waals surface area contributed by atoms with Gasteiger partial charge in [-0.2, -0.15) is 0 Å². The van der Waals surface area contributed by atoms with E-state index in [0.717, 1.165) is 41.3 Å². The summed E-state index contributed by atoms with van der Waals surface area (Å²) in [7, 11) is 0. The molecule has 1 aromatic heterocycles. The van der Waals surface area contributed by atoms with Gasteiger partial charge in [-0.25, -0.2) is 4.39 Å². The lowest BCUT2D eigenvalue weighted by Crippen LogP contribution is -2.15. The Morgan fingerprint density at radius 2 is 1.91 bits per heavy atom. The molecule has 0 saturated heterocycles. The van der Waals surface area contributed by atoms with E-state index < -0.39 is 0 Å². The summed E-state index contributed by atoms with van der Waals surface area (Å²) in [6.45, 7) is 0. The Bertz CT molecular complexity index is 872. The van der Waals surface area contributed by atoms with Gasteiger partial charge in [0.25, 0.3) is 0 Å². The lowest BCUT2D eigenvalue weighted by Gasteiger charge is -2.19. The van der Waals surface area contributed by atoms with Crippen molar-refractivity contribution in [3.8, 4) is 11.4 Å². The Kier molecular flexibility index (Phi) is 3.33. The van der Waals surface area contributed by atoms with E-state index in [0.29, 0.717) is 18.6 Å². The molecule has 4 rings (SSSR count). The number of nitrogens with zero attached hydrogens (tertiary/aromatic N) is 3. The van der Waals surface area contributed by atoms with E-state index in [9.17, 15) is 9.50 Å². The molecule has 5 heteroatoms. The van der Waals surface area contributed by atoms with Crippen LogP contribution in [0.1, 0.15) is 22.8 Å². The molecule has 1 aliphatic rings. The standard InChI is InChI=1S/C18H16FN3O/c19-14-7-8-15-13(11-14)6-10-18-21-20-17(22(15)18)9-5-12-3-1-2-4-16(12)23/h1-4,7-8,11,23H,5-6,9-10H2. The maximum Gasteiger partial charge on any atom is 0.137 e. The third-order valence-electron chi connectivity index (χ3n) is 4.31. The molecule has 0 radical (unpaired) electrons. The maximum absolute atomic E-state index is 13.4. The van der Waals surface area contributed by atoms with Gasteiger partial charge in [0.15, 0.2) is 0 Å². The molecule has 0 saturated carbocycles. The highest BCUT2D eigenvalue weighted by molar-refractivity contribution is 5.46. The first kappa shape index (κ1) is 13.9. The summed E-state index contributed by atoms with van der Waals surface area (Å²) in [5, 5.41) is 18.5. The molecule has 2 aromatic carbocycles. The van der Waals surface area contributed by atoms with Gasteiger partial charge in [-0.15, -0.1) is 10.2 Å². The van der Waals surface area contributed by atoms with Crippen LogP contribution in [0.15, 0.2) is 42.5 Å². The van der Waals surface area contributed by atoms with Crippen LogP contribution < -0.4 is 0 Å². The molecule has 1 N–H and O–H groups in total. The molecule has 1 aliphatic heterocycles. The normalized spacial score (nSPS) is 12.7. The third kappa shape index (κ3) is 2.48. The lowest BCUT2D eigenvalue weighted by molar-refractivity contribution is 0.467. The van der Waals surface area contributed by atoms with Gasteiger partial charge < -0.3 is 5.11 Å². The molecular formula is C18H16FN3O. The van der Waals surface area contributed by atoms with Crippen molar-refractivity contribution >= 4 is 0 Å². The van der Waals surface area contributed by atoms with E-state index in [2.05, 4.69) is 10.2 Å². The van der Waals surface area contributed by atoms with Gasteiger partial charge in [0, 0.05) is 12.8 Å². The zero-order chi connectivity index (χ0) is 15.8. The first-order valence-electron chi connectivity index (χ1n) is 7.71. The molecule has 0 aliphatic carbocycles. The number of benzene rings is 2. The maximum atomic E-state index is 13.4. The molecule has 23 heavy (non-hydrogen) atoms. The second kappa shape index (κ2) is 5.50. The number of phenols is 1. The van der Waals surface area contributed by atoms with Crippen molar-refractivity contribution in [2.24, 2.45) is 0 Å². The minimum atomic E-state index is -0.212. The number of fused-ring (bicyclic) bond motifs is 3. The van der Waals surface area contributed by atoms with Crippen LogP contribution in [-0.4, -0.2) is 19.9 Å². The summed E-state index contributed by atoms with van der Waals surface area (Å²) in [5.74, 6) is 1.84. The van der Waals surface area contributed by atoms with Crippen LogP contribution in [0.2, 0.25) is 0 Å². The van der Waals surface area contributed by atoms with Gasteiger partial charge in [0.05, 0.1) is 5.69 Å². The van der Waals surface area contributed by atoms with Crippen molar-refractivity contribution < 1.29 is 9.50 Å². The third-order valence-corrected chi connectivity index (χ3v) is 4.31. The van der Waals surface area contributed by atoms with E-state index in [1.165, 1.54) is 6.07 Å². The molecule has 0 atom stereocenters. The molecule has 3 aromatic rings. The highest BCUT2D eigenvalue weighted by Gasteiger charge is 2.21. The van der Waals surface area contributed by atoms with Gasteiger partial charge in [-0.1, -0.05) is 18.2 Å². The fourth-order valence-electron chi connectivity index (χ4n) is 3.14. The summed E-state index contributed by atoms with van der Waals surface area (Å²) in [5.41, 5.74) is 2.84. The largest absolute Gasteiger partial charge is 0.508 e. The number of hydrogen-bond donors (Lipinski definition) is 1. The summed E-state index contributed by atoms with van der Waals surface area (Å²) < 4.78 is 15.5. The molecule has 4 nitrogen and oxygen atoms in total. The number of para-hydroxylation sites is 1. The monoisotopic (exact) mass is 309 g/mol. The highest BCUT2D eigenvalue weighted by atomic mass is 19.1. The molecule has 0 spiro atoms. The molecule has 116 valence electrons. The Hall–Kier alpha value is -2.69. The summed E-state index contributed by atoms with van der Waals surface area (Å²) in [6, 6.07) is 12.2. The van der Waals surface area contributed by atoms with E-state index in [4.69, 9.17) is 0 Å². The van der Waals surface area contributed by atoms with Crippen LogP contribution in [0.5, 0.6) is 5.75 Å². The number of phenolic OH excluding ortho intramolecular Hbond substituents is 1. The van der Waals surface area contributed by atoms with Crippen molar-refractivity contribution in [3.05, 3.63) is 71.1 Å². The zero-order valence-electron chi connectivity index (χ0n) is 12.5. The van der Waals surface area contributed by atoms with Crippen molar-refractivity contribution in [1.29, 1.82) is 0 Å². The average Bonchev–Trinajstić information content (AvgIpc) is 2.97. The van der Waals surface area contributed by atoms with Gasteiger partial charge in [-0.3, -0.25) is 4.57 Å². The molecule has 0 fully saturated rings. The topological polar surface area (TPSA) is 50.9 Å². The average molecular weight is 309 g/mol. The Morgan fingerprint density at radius 1 is 1.04 bits per heavy atom. The van der Waals surface area contributed by atoms with Crippen molar-refractivity contribution in [1.82, 2.24) is 14.8 Å². The zero-order valence-corrected chi connectivity index (χ0v) is 12.5. The van der Waals surface area contributed by atoms with Crippen LogP contribution in [0.4, 0.5) is 4.39 Å². The van der Waals surface area contributed by atoms with Gasteiger partial charge in [-0.05, 0) is 48.2 Å². The smallest absolute Gasteiger partial charge is 0.137 e. The number of rotatable bonds is 3. The molecule has 0 amide bonds. The highest BCUT2D eigenvalue weighted by Crippen LogP contribution is 2.27. The molecule has 0 bridgehead atoms. The van der Waals surface area contributed by atoms with E-state index >= 15 is 0 Å². The quantitative estimate of drug-likeness (QED) is 0.809. The first-order chi connectivity index (χ1) is 11.2. The minimum absolute atomic E-state index is 0.212. The number of aromatic nitrogens is 3. The van der Waals surface area contributed by atoms with Crippen LogP contribution in [-0.2, 0) is 25.7 Å². The van der Waals surface area contributed by atoms with E-state index in [1.54, 1.807) is 18.2 Å². The second-order valence-corrected chi connectivity index (χ2v) is 5.77. The number of hydrogen-bond acceptors (Lipinski definition) is 3. The van der Waals surface area contributed by atoms with Gasteiger partial charge in [0.2, 0.25) is 0 Å². The fraction of sp³-hybridized carbons (Fsp3) is 0.222. The predicted octanol–water partition coefficient (Wildman–Crippen LogP) is 3.00. The van der Waals surface area contributed by atoms with Gasteiger partial charge in [0.1, 0.15) is 23.2 Å². The number of aryl methyl sites for hydroxylation is 4. The predicted molar refractivity (Wildman–Crippen MR) is 84.2 cm³/mol. The van der Waals surface area contributed by atoms with E-state index in [1.807, 2.05) is 22.8 Å². The Balaban J connectivity index is 1.66. The summed E-state index contributed by atoms with van der Waals surface area (Å²) in [6.07, 6.45) is 2.90. The van der Waals surface area contributed by atoms with Crippen molar-refractivity contribution in [2.45, 2.75) is 25.7 Å². The van der Waals surface area contributed by atoms with Crippen LogP contribution in [0, 0.1) is 5.82 Å². The molecule has 2 heterocycles. The SMILES string of the molecule is Oc1ccccc1CCc1nnc2n1-c1ccc(F)cc1CC2. The van der Waals surface area contributed by atoms with Gasteiger partial charge >= 0.3 is 0 Å². The molecule has 0 unspecified atom stereocenters. The summed E-state index contributed by atoms with van der Waals surface area (Å²) >= 11 is 0. The van der Waals surface area contributed by atoms with Crippen LogP contribution >= 0.6 is 0 Å². The lowest BCUT2D eigenvalue weighted by atomic mass is 10.0. The fourth-order valence-corrected chi connectivity index (χ4v) is 3.14. The number of halogens is 1. The number of aromatic hydroxyl groups is 1. The van der Waals surface area contributed by atoms with Crippen LogP contribution in [0.25, 0.3) is 5.69 Å². The second-order valence-electron chi connectivity index (χ2n) is 5.77. The first-order valence-corrected chi connectivity index (χ1v) is 7.71. The van der Waals surface area contributed by atoms with E-state index in [-0.39, 0.29) is 5.82 Å². The van der Waals surface area contributed by atoms with Crippen molar-refractivity contribution in [2.75, 3.05) is 0 Å². The van der Waals surface area contributed by atoms with Crippen molar-refractivity contribution in [3.63, 3.8) is 0 Å². The Labute approximate surface area is 133 Å². The molecular weight excluding hydrogens is 293 g/mol.